The van der Waals surface area contributed by atoms with Crippen LogP contribution in [-0.4, -0.2) is 23.9 Å². The van der Waals surface area contributed by atoms with Gasteiger partial charge < -0.3 is 10.2 Å². The molecule has 1 aromatic carbocycles. The van der Waals surface area contributed by atoms with E-state index in [2.05, 4.69) is 23.5 Å². The number of rotatable bonds is 3. The van der Waals surface area contributed by atoms with Gasteiger partial charge in [0.1, 0.15) is 6.61 Å². The van der Waals surface area contributed by atoms with Crippen LogP contribution in [0.4, 0.5) is 0 Å². The molecule has 0 spiro atoms. The molecule has 3 nitrogen and oxygen atoms in total. The van der Waals surface area contributed by atoms with E-state index in [1.54, 1.807) is 0 Å². The van der Waals surface area contributed by atoms with Gasteiger partial charge in [-0.1, -0.05) is 18.2 Å². The maximum absolute atomic E-state index is 5.80. The summed E-state index contributed by atoms with van der Waals surface area (Å²) >= 11 is 0. The average Bonchev–Trinajstić information content (AvgIpc) is 2.96. The zero-order valence-corrected chi connectivity index (χ0v) is 10.5. The number of nitrogens with one attached hydrogen (secondary N) is 1. The molecule has 0 bridgehead atoms. The number of halogens is 1. The molecular weight excluding hydrogens is 236 g/mol. The van der Waals surface area contributed by atoms with E-state index >= 15 is 0 Å². The second-order valence-corrected chi connectivity index (χ2v) is 4.29. The highest BCUT2D eigenvalue weighted by Crippen LogP contribution is 2.14. The van der Waals surface area contributed by atoms with Crippen LogP contribution in [0.3, 0.4) is 0 Å². The summed E-state index contributed by atoms with van der Waals surface area (Å²) in [4.78, 5) is 5.80. The van der Waals surface area contributed by atoms with Gasteiger partial charge in [0.05, 0.1) is 5.52 Å². The zero-order valence-electron chi connectivity index (χ0n) is 9.63. The summed E-state index contributed by atoms with van der Waals surface area (Å²) in [7, 11) is 0. The second-order valence-electron chi connectivity index (χ2n) is 4.29. The van der Waals surface area contributed by atoms with E-state index in [4.69, 9.17) is 4.84 Å². The fourth-order valence-corrected chi connectivity index (χ4v) is 2.24. The SMILES string of the molecule is Cl.c1ccc2c(c1)ccn2OCC1CCCN1. The van der Waals surface area contributed by atoms with Crippen LogP contribution >= 0.6 is 12.4 Å². The van der Waals surface area contributed by atoms with Crippen molar-refractivity contribution in [2.45, 2.75) is 18.9 Å². The third kappa shape index (κ3) is 2.56. The monoisotopic (exact) mass is 252 g/mol. The Hall–Kier alpha value is -1.19. The number of nitrogens with zero attached hydrogens (tertiary/aromatic N) is 1. The van der Waals surface area contributed by atoms with Crippen LogP contribution in [0.2, 0.25) is 0 Å². The molecule has 0 saturated carbocycles. The number of para-hydroxylation sites is 1. The summed E-state index contributed by atoms with van der Waals surface area (Å²) in [6, 6.07) is 10.9. The van der Waals surface area contributed by atoms with Gasteiger partial charge in [-0.3, -0.25) is 0 Å². The molecule has 1 atom stereocenters. The van der Waals surface area contributed by atoms with Crippen molar-refractivity contribution < 1.29 is 4.84 Å². The van der Waals surface area contributed by atoms with Crippen molar-refractivity contribution in [2.75, 3.05) is 13.2 Å². The molecule has 1 aromatic heterocycles. The third-order valence-corrected chi connectivity index (χ3v) is 3.14. The van der Waals surface area contributed by atoms with Crippen LogP contribution < -0.4 is 10.2 Å². The lowest BCUT2D eigenvalue weighted by atomic mass is 10.2. The molecule has 0 aliphatic carbocycles. The Labute approximate surface area is 107 Å². The van der Waals surface area contributed by atoms with Crippen LogP contribution in [0.5, 0.6) is 0 Å². The normalized spacial score (nSPS) is 19.2. The van der Waals surface area contributed by atoms with E-state index in [1.807, 2.05) is 23.1 Å². The fraction of sp³-hybridized carbons (Fsp3) is 0.385. The Morgan fingerprint density at radius 1 is 1.29 bits per heavy atom. The summed E-state index contributed by atoms with van der Waals surface area (Å²) in [6.07, 6.45) is 4.47. The maximum atomic E-state index is 5.80. The van der Waals surface area contributed by atoms with Crippen LogP contribution in [0.15, 0.2) is 36.5 Å². The van der Waals surface area contributed by atoms with E-state index in [-0.39, 0.29) is 12.4 Å². The second kappa shape index (κ2) is 5.43. The molecule has 1 aliphatic rings. The van der Waals surface area contributed by atoms with Crippen LogP contribution in [-0.2, 0) is 0 Å². The summed E-state index contributed by atoms with van der Waals surface area (Å²) in [6.45, 7) is 1.87. The first kappa shape index (κ1) is 12.3. The number of fused-ring (bicyclic) bond motifs is 1. The Balaban J connectivity index is 0.00000108. The molecular formula is C13H17ClN2O. The van der Waals surface area contributed by atoms with Crippen LogP contribution in [0.25, 0.3) is 10.9 Å². The smallest absolute Gasteiger partial charge is 0.130 e. The van der Waals surface area contributed by atoms with Crippen molar-refractivity contribution in [1.29, 1.82) is 0 Å². The lowest BCUT2D eigenvalue weighted by molar-refractivity contribution is 0.104. The van der Waals surface area contributed by atoms with Crippen molar-refractivity contribution in [3.63, 3.8) is 0 Å². The van der Waals surface area contributed by atoms with Gasteiger partial charge in [0.2, 0.25) is 0 Å². The first-order chi connectivity index (χ1) is 7.93. The quantitative estimate of drug-likeness (QED) is 0.907. The van der Waals surface area contributed by atoms with Gasteiger partial charge in [-0.05, 0) is 31.5 Å². The Bertz CT molecular complexity index is 477. The first-order valence-corrected chi connectivity index (χ1v) is 5.86. The highest BCUT2D eigenvalue weighted by Gasteiger charge is 2.14. The first-order valence-electron chi connectivity index (χ1n) is 5.86. The molecule has 1 saturated heterocycles. The molecule has 92 valence electrons. The number of hydrogen-bond acceptors (Lipinski definition) is 2. The molecule has 3 rings (SSSR count). The molecule has 2 heterocycles. The molecule has 0 amide bonds. The van der Waals surface area contributed by atoms with E-state index in [1.165, 1.54) is 18.2 Å². The highest BCUT2D eigenvalue weighted by atomic mass is 35.5. The Morgan fingerprint density at radius 3 is 3.00 bits per heavy atom. The molecule has 2 aromatic rings. The van der Waals surface area contributed by atoms with Gasteiger partial charge in [-0.2, -0.15) is 4.73 Å². The van der Waals surface area contributed by atoms with Crippen molar-refractivity contribution in [2.24, 2.45) is 0 Å². The van der Waals surface area contributed by atoms with E-state index in [9.17, 15) is 0 Å². The zero-order chi connectivity index (χ0) is 10.8. The van der Waals surface area contributed by atoms with Crippen molar-refractivity contribution in [3.05, 3.63) is 36.5 Å². The van der Waals surface area contributed by atoms with Gasteiger partial charge in [0, 0.05) is 17.6 Å². The van der Waals surface area contributed by atoms with E-state index < -0.39 is 0 Å². The summed E-state index contributed by atoms with van der Waals surface area (Å²) in [5.41, 5.74) is 1.14. The average molecular weight is 253 g/mol. The molecule has 1 fully saturated rings. The van der Waals surface area contributed by atoms with Gasteiger partial charge >= 0.3 is 0 Å². The van der Waals surface area contributed by atoms with Crippen molar-refractivity contribution in [1.82, 2.24) is 10.0 Å². The summed E-state index contributed by atoms with van der Waals surface area (Å²) in [5, 5.41) is 4.65. The predicted octanol–water partition coefficient (Wildman–Crippen LogP) is 2.24. The topological polar surface area (TPSA) is 26.2 Å². The molecule has 0 radical (unpaired) electrons. The fourth-order valence-electron chi connectivity index (χ4n) is 2.24. The highest BCUT2D eigenvalue weighted by molar-refractivity contribution is 5.85. The van der Waals surface area contributed by atoms with E-state index in [0.717, 1.165) is 18.7 Å². The predicted molar refractivity (Wildman–Crippen MR) is 71.7 cm³/mol. The Morgan fingerprint density at radius 2 is 2.18 bits per heavy atom. The third-order valence-electron chi connectivity index (χ3n) is 3.14. The van der Waals surface area contributed by atoms with Crippen molar-refractivity contribution in [3.8, 4) is 0 Å². The lowest BCUT2D eigenvalue weighted by Crippen LogP contribution is -2.31. The molecule has 4 heteroatoms. The van der Waals surface area contributed by atoms with Gasteiger partial charge in [0.25, 0.3) is 0 Å². The van der Waals surface area contributed by atoms with Crippen molar-refractivity contribution >= 4 is 23.3 Å². The largest absolute Gasteiger partial charge is 0.412 e. The number of aromatic nitrogens is 1. The number of hydrogen-bond donors (Lipinski definition) is 1. The molecule has 1 unspecified atom stereocenters. The number of benzene rings is 1. The maximum Gasteiger partial charge on any atom is 0.130 e. The molecule has 17 heavy (non-hydrogen) atoms. The minimum Gasteiger partial charge on any atom is -0.412 e. The summed E-state index contributed by atoms with van der Waals surface area (Å²) in [5.74, 6) is 0. The summed E-state index contributed by atoms with van der Waals surface area (Å²) < 4.78 is 1.87. The molecule has 1 aliphatic heterocycles. The van der Waals surface area contributed by atoms with Crippen LogP contribution in [0.1, 0.15) is 12.8 Å². The Kier molecular flexibility index (Phi) is 3.92. The van der Waals surface area contributed by atoms with Crippen LogP contribution in [0, 0.1) is 0 Å². The minimum absolute atomic E-state index is 0. The van der Waals surface area contributed by atoms with Gasteiger partial charge in [0.15, 0.2) is 0 Å². The van der Waals surface area contributed by atoms with E-state index in [0.29, 0.717) is 6.04 Å². The standard InChI is InChI=1S/C13H16N2O.ClH/c1-2-6-13-11(4-1)7-9-15(13)16-10-12-5-3-8-14-12;/h1-2,4,6-7,9,12,14H,3,5,8,10H2;1H. The van der Waals surface area contributed by atoms with Gasteiger partial charge in [-0.15, -0.1) is 12.4 Å². The molecule has 1 N–H and O–H groups in total. The minimum atomic E-state index is 0. The van der Waals surface area contributed by atoms with Gasteiger partial charge in [-0.25, -0.2) is 0 Å². The lowest BCUT2D eigenvalue weighted by Gasteiger charge is -2.13.